The zero-order chi connectivity index (χ0) is 15.0. The SMILES string of the molecule is C=C1c2ccccc2N=C(C(C)C)N1C.CC.CC. The van der Waals surface area contributed by atoms with Gasteiger partial charge in [0.25, 0.3) is 0 Å². The van der Waals surface area contributed by atoms with Gasteiger partial charge in [-0.25, -0.2) is 4.99 Å². The van der Waals surface area contributed by atoms with Crippen LogP contribution in [0.5, 0.6) is 0 Å². The minimum atomic E-state index is 0.417. The fourth-order valence-electron chi connectivity index (χ4n) is 1.85. The number of para-hydroxylation sites is 1. The third-order valence-corrected chi connectivity index (χ3v) is 2.71. The molecule has 0 N–H and O–H groups in total. The van der Waals surface area contributed by atoms with E-state index < -0.39 is 0 Å². The molecule has 106 valence electrons. The molecule has 0 saturated heterocycles. The maximum atomic E-state index is 4.66. The summed E-state index contributed by atoms with van der Waals surface area (Å²) in [6.45, 7) is 16.4. The van der Waals surface area contributed by atoms with Crippen molar-refractivity contribution in [3.8, 4) is 0 Å². The van der Waals surface area contributed by atoms with E-state index in [1.54, 1.807) is 0 Å². The van der Waals surface area contributed by atoms with Gasteiger partial charge in [-0.2, -0.15) is 0 Å². The monoisotopic (exact) mass is 260 g/mol. The predicted octanol–water partition coefficient (Wildman–Crippen LogP) is 5.34. The summed E-state index contributed by atoms with van der Waals surface area (Å²) in [6, 6.07) is 8.14. The second-order valence-electron chi connectivity index (χ2n) is 4.15. The second kappa shape index (κ2) is 8.52. The van der Waals surface area contributed by atoms with E-state index in [4.69, 9.17) is 0 Å². The smallest absolute Gasteiger partial charge is 0.112 e. The molecule has 1 aromatic rings. The molecule has 0 radical (unpaired) electrons. The third kappa shape index (κ3) is 3.95. The first-order valence-corrected chi connectivity index (χ1v) is 7.22. The molecule has 0 saturated carbocycles. The Labute approximate surface area is 118 Å². The molecule has 0 aromatic heterocycles. The van der Waals surface area contributed by atoms with Gasteiger partial charge in [0.05, 0.1) is 5.69 Å². The minimum absolute atomic E-state index is 0.417. The van der Waals surface area contributed by atoms with Crippen LogP contribution in [0, 0.1) is 5.92 Å². The highest BCUT2D eigenvalue weighted by atomic mass is 15.2. The van der Waals surface area contributed by atoms with Gasteiger partial charge in [-0.1, -0.05) is 66.3 Å². The van der Waals surface area contributed by atoms with Gasteiger partial charge >= 0.3 is 0 Å². The molecule has 0 spiro atoms. The molecule has 19 heavy (non-hydrogen) atoms. The molecular formula is C17H28N2. The summed E-state index contributed by atoms with van der Waals surface area (Å²) in [5.74, 6) is 1.50. The van der Waals surface area contributed by atoms with Gasteiger partial charge in [0.1, 0.15) is 5.84 Å². The average Bonchev–Trinajstić information content (AvgIpc) is 2.47. The number of hydrogen-bond acceptors (Lipinski definition) is 2. The van der Waals surface area contributed by atoms with Crippen LogP contribution < -0.4 is 0 Å². The Kier molecular flexibility index (Phi) is 7.81. The Hall–Kier alpha value is -1.57. The summed E-state index contributed by atoms with van der Waals surface area (Å²) in [6.07, 6.45) is 0. The summed E-state index contributed by atoms with van der Waals surface area (Å²) in [4.78, 5) is 6.73. The van der Waals surface area contributed by atoms with Crippen molar-refractivity contribution in [3.05, 3.63) is 36.4 Å². The summed E-state index contributed by atoms with van der Waals surface area (Å²) in [5, 5.41) is 0. The Morgan fingerprint density at radius 1 is 1.05 bits per heavy atom. The minimum Gasteiger partial charge on any atom is -0.333 e. The quantitative estimate of drug-likeness (QED) is 0.665. The van der Waals surface area contributed by atoms with E-state index in [9.17, 15) is 0 Å². The van der Waals surface area contributed by atoms with Crippen molar-refractivity contribution in [1.82, 2.24) is 4.90 Å². The average molecular weight is 260 g/mol. The van der Waals surface area contributed by atoms with Crippen molar-refractivity contribution in [2.24, 2.45) is 10.9 Å². The lowest BCUT2D eigenvalue weighted by Gasteiger charge is -2.30. The van der Waals surface area contributed by atoms with Crippen molar-refractivity contribution in [2.45, 2.75) is 41.5 Å². The number of benzene rings is 1. The Balaban J connectivity index is 0.000000741. The van der Waals surface area contributed by atoms with Gasteiger partial charge < -0.3 is 4.90 Å². The van der Waals surface area contributed by atoms with Crippen molar-refractivity contribution >= 4 is 17.2 Å². The van der Waals surface area contributed by atoms with E-state index >= 15 is 0 Å². The topological polar surface area (TPSA) is 15.6 Å². The summed E-state index contributed by atoms with van der Waals surface area (Å²) in [7, 11) is 2.02. The molecule has 0 bridgehead atoms. The highest BCUT2D eigenvalue weighted by Gasteiger charge is 2.21. The van der Waals surface area contributed by atoms with Gasteiger partial charge in [-0.3, -0.25) is 0 Å². The van der Waals surface area contributed by atoms with Gasteiger partial charge in [-0.15, -0.1) is 0 Å². The Bertz CT molecular complexity index is 431. The van der Waals surface area contributed by atoms with Crippen LogP contribution in [0.1, 0.15) is 47.1 Å². The van der Waals surface area contributed by atoms with E-state index in [0.717, 1.165) is 22.8 Å². The van der Waals surface area contributed by atoms with E-state index in [0.29, 0.717) is 5.92 Å². The number of hydrogen-bond donors (Lipinski definition) is 0. The molecule has 1 aliphatic heterocycles. The first kappa shape index (κ1) is 17.4. The van der Waals surface area contributed by atoms with Gasteiger partial charge in [0.15, 0.2) is 0 Å². The van der Waals surface area contributed by atoms with Crippen LogP contribution in [0.15, 0.2) is 35.8 Å². The summed E-state index contributed by atoms with van der Waals surface area (Å²) in [5.41, 5.74) is 3.19. The standard InChI is InChI=1S/C13H16N2.2C2H6/c1-9(2)13-14-12-8-6-5-7-11(12)10(3)15(13)4;2*1-2/h5-9H,3H2,1-2,4H3;2*1-2H3. The van der Waals surface area contributed by atoms with Crippen LogP contribution in [0.3, 0.4) is 0 Å². The first-order chi connectivity index (χ1) is 9.11. The normalized spacial score (nSPS) is 12.7. The van der Waals surface area contributed by atoms with Crippen molar-refractivity contribution < 1.29 is 0 Å². The first-order valence-electron chi connectivity index (χ1n) is 7.22. The van der Waals surface area contributed by atoms with Crippen molar-refractivity contribution in [2.75, 3.05) is 7.05 Å². The molecule has 1 aliphatic rings. The fourth-order valence-corrected chi connectivity index (χ4v) is 1.85. The lowest BCUT2D eigenvalue weighted by atomic mass is 10.0. The molecule has 1 heterocycles. The van der Waals surface area contributed by atoms with Crippen LogP contribution in [-0.2, 0) is 0 Å². The number of aliphatic imine (C=N–C) groups is 1. The van der Waals surface area contributed by atoms with Crippen LogP contribution in [0.25, 0.3) is 5.70 Å². The molecule has 0 aliphatic carbocycles. The molecule has 0 atom stereocenters. The zero-order valence-electron chi connectivity index (χ0n) is 13.5. The fraction of sp³-hybridized carbons (Fsp3) is 0.471. The van der Waals surface area contributed by atoms with Crippen molar-refractivity contribution in [3.63, 3.8) is 0 Å². The van der Waals surface area contributed by atoms with Crippen LogP contribution >= 0.6 is 0 Å². The molecule has 2 heteroatoms. The maximum absolute atomic E-state index is 4.66. The molecule has 0 unspecified atom stereocenters. The second-order valence-corrected chi connectivity index (χ2v) is 4.15. The molecule has 2 rings (SSSR count). The molecule has 0 fully saturated rings. The van der Waals surface area contributed by atoms with E-state index in [1.807, 2.05) is 52.9 Å². The lowest BCUT2D eigenvalue weighted by molar-refractivity contribution is 0.644. The van der Waals surface area contributed by atoms with Crippen LogP contribution in [0.2, 0.25) is 0 Å². The largest absolute Gasteiger partial charge is 0.333 e. The van der Waals surface area contributed by atoms with Crippen LogP contribution in [0.4, 0.5) is 5.69 Å². The summed E-state index contributed by atoms with van der Waals surface area (Å²) < 4.78 is 0. The molecule has 1 aromatic carbocycles. The number of rotatable bonds is 1. The third-order valence-electron chi connectivity index (χ3n) is 2.71. The van der Waals surface area contributed by atoms with Crippen molar-refractivity contribution in [1.29, 1.82) is 0 Å². The Morgan fingerprint density at radius 3 is 2.11 bits per heavy atom. The highest BCUT2D eigenvalue weighted by Crippen LogP contribution is 2.33. The lowest BCUT2D eigenvalue weighted by Crippen LogP contribution is -2.31. The van der Waals surface area contributed by atoms with Crippen LogP contribution in [-0.4, -0.2) is 17.8 Å². The van der Waals surface area contributed by atoms with E-state index in [2.05, 4.69) is 36.4 Å². The van der Waals surface area contributed by atoms with E-state index in [1.165, 1.54) is 0 Å². The van der Waals surface area contributed by atoms with Gasteiger partial charge in [0.2, 0.25) is 0 Å². The van der Waals surface area contributed by atoms with Gasteiger partial charge in [0, 0.05) is 24.2 Å². The number of fused-ring (bicyclic) bond motifs is 1. The highest BCUT2D eigenvalue weighted by molar-refractivity contribution is 5.98. The summed E-state index contributed by atoms with van der Waals surface area (Å²) >= 11 is 0. The number of nitrogens with zero attached hydrogens (tertiary/aromatic N) is 2. The molecule has 0 amide bonds. The zero-order valence-corrected chi connectivity index (χ0v) is 13.5. The molecule has 2 nitrogen and oxygen atoms in total. The predicted molar refractivity (Wildman–Crippen MR) is 87.9 cm³/mol. The van der Waals surface area contributed by atoms with E-state index in [-0.39, 0.29) is 0 Å². The maximum Gasteiger partial charge on any atom is 0.112 e. The number of amidine groups is 1. The molecular weight excluding hydrogens is 232 g/mol. The van der Waals surface area contributed by atoms with Gasteiger partial charge in [-0.05, 0) is 6.07 Å². The Morgan fingerprint density at radius 2 is 1.58 bits per heavy atom.